The Balaban J connectivity index is 0.00000841. The van der Waals surface area contributed by atoms with Gasteiger partial charge >= 0.3 is 0 Å². The van der Waals surface area contributed by atoms with Gasteiger partial charge in [0.1, 0.15) is 15.6 Å². The summed E-state index contributed by atoms with van der Waals surface area (Å²) >= 11 is 0. The van der Waals surface area contributed by atoms with Gasteiger partial charge in [-0.15, -0.1) is 24.0 Å². The normalized spacial score (nSPS) is 11.7. The zero-order valence-electron chi connectivity index (χ0n) is 18.4. The van der Waals surface area contributed by atoms with E-state index < -0.39 is 9.84 Å². The maximum atomic E-state index is 11.1. The number of nitrogens with zero attached hydrogens (tertiary/aromatic N) is 1. The van der Waals surface area contributed by atoms with Crippen LogP contribution in [0.4, 0.5) is 0 Å². The van der Waals surface area contributed by atoms with Crippen LogP contribution in [-0.4, -0.2) is 73.0 Å². The summed E-state index contributed by atoms with van der Waals surface area (Å²) in [7, 11) is -1.31. The van der Waals surface area contributed by atoms with E-state index in [9.17, 15) is 8.42 Å². The highest BCUT2D eigenvalue weighted by molar-refractivity contribution is 14.0. The van der Waals surface area contributed by atoms with Crippen molar-refractivity contribution in [1.29, 1.82) is 0 Å². The molecule has 0 saturated heterocycles. The second-order valence-corrected chi connectivity index (χ2v) is 8.93. The second kappa shape index (κ2) is 16.6. The van der Waals surface area contributed by atoms with E-state index >= 15 is 0 Å². The molecule has 0 aliphatic heterocycles. The van der Waals surface area contributed by atoms with E-state index in [-0.39, 0.29) is 36.3 Å². The van der Waals surface area contributed by atoms with Gasteiger partial charge < -0.3 is 24.8 Å². The van der Waals surface area contributed by atoms with Crippen molar-refractivity contribution < 1.29 is 22.6 Å². The summed E-state index contributed by atoms with van der Waals surface area (Å²) in [6.07, 6.45) is 2.03. The number of benzene rings is 1. The van der Waals surface area contributed by atoms with Crippen LogP contribution in [0.5, 0.6) is 5.75 Å². The number of aliphatic imine (C=N–C) groups is 1. The summed E-state index contributed by atoms with van der Waals surface area (Å²) in [6, 6.07) is 6.10. The van der Waals surface area contributed by atoms with E-state index in [1.165, 1.54) is 6.26 Å². The predicted octanol–water partition coefficient (Wildman–Crippen LogP) is 2.14. The molecule has 0 spiro atoms. The lowest BCUT2D eigenvalue weighted by molar-refractivity contribution is 0.154. The Kier molecular flexibility index (Phi) is 16.0. The van der Waals surface area contributed by atoms with Crippen LogP contribution in [0.15, 0.2) is 23.2 Å². The van der Waals surface area contributed by atoms with E-state index in [0.29, 0.717) is 38.9 Å². The first-order valence-electron chi connectivity index (χ1n) is 9.84. The maximum absolute atomic E-state index is 11.1. The molecule has 0 unspecified atom stereocenters. The number of guanidine groups is 1. The third kappa shape index (κ3) is 14.0. The molecule has 30 heavy (non-hydrogen) atoms. The van der Waals surface area contributed by atoms with E-state index in [4.69, 9.17) is 14.2 Å². The van der Waals surface area contributed by atoms with Gasteiger partial charge in [-0.2, -0.15) is 0 Å². The highest BCUT2D eigenvalue weighted by atomic mass is 127. The number of aryl methyl sites for hydroxylation is 1. The van der Waals surface area contributed by atoms with Crippen LogP contribution in [0.25, 0.3) is 0 Å². The minimum atomic E-state index is -2.99. The second-order valence-electron chi connectivity index (χ2n) is 6.67. The van der Waals surface area contributed by atoms with Crippen LogP contribution < -0.4 is 15.4 Å². The summed E-state index contributed by atoms with van der Waals surface area (Å²) < 4.78 is 38.5. The number of ether oxygens (including phenoxy) is 3. The highest BCUT2D eigenvalue weighted by Crippen LogP contribution is 2.21. The van der Waals surface area contributed by atoms with Gasteiger partial charge in [-0.05, 0) is 25.5 Å². The number of methoxy groups -OCH3 is 1. The molecule has 1 aromatic carbocycles. The molecule has 1 rings (SSSR count). The van der Waals surface area contributed by atoms with Crippen LogP contribution in [0.2, 0.25) is 0 Å². The Morgan fingerprint density at radius 2 is 1.90 bits per heavy atom. The van der Waals surface area contributed by atoms with Gasteiger partial charge in [-0.25, -0.2) is 13.4 Å². The zero-order chi connectivity index (χ0) is 21.5. The fourth-order valence-electron chi connectivity index (χ4n) is 2.37. The quantitative estimate of drug-likeness (QED) is 0.157. The molecule has 1 aromatic rings. The first-order chi connectivity index (χ1) is 13.9. The Morgan fingerprint density at radius 1 is 1.13 bits per heavy atom. The third-order valence-corrected chi connectivity index (χ3v) is 4.77. The minimum absolute atomic E-state index is 0. The molecule has 0 atom stereocenters. The Morgan fingerprint density at radius 3 is 2.57 bits per heavy atom. The van der Waals surface area contributed by atoms with Gasteiger partial charge in [0.15, 0.2) is 5.96 Å². The molecule has 10 heteroatoms. The van der Waals surface area contributed by atoms with Crippen molar-refractivity contribution in [3.63, 3.8) is 0 Å². The van der Waals surface area contributed by atoms with E-state index in [0.717, 1.165) is 29.8 Å². The molecule has 2 N–H and O–H groups in total. The predicted molar refractivity (Wildman–Crippen MR) is 132 cm³/mol. The summed E-state index contributed by atoms with van der Waals surface area (Å²) in [5.74, 6) is 1.54. The lowest BCUT2D eigenvalue weighted by Gasteiger charge is -2.14. The molecule has 0 radical (unpaired) electrons. The molecule has 0 fully saturated rings. The standard InChI is InChI=1S/C20H35N3O5S.HI/c1-5-21-20(22-9-12-27-13-14-29(4,24)25)23-16-18-8-7-17(2)15-19(18)28-11-6-10-26-3;/h7-8,15H,5-6,9-14,16H2,1-4H3,(H2,21,22,23);1H. The molecule has 0 bridgehead atoms. The van der Waals surface area contributed by atoms with Crippen molar-refractivity contribution in [3.05, 3.63) is 29.3 Å². The molecule has 0 amide bonds. The maximum Gasteiger partial charge on any atom is 0.191 e. The van der Waals surface area contributed by atoms with Crippen molar-refractivity contribution in [2.24, 2.45) is 4.99 Å². The van der Waals surface area contributed by atoms with E-state index in [1.54, 1.807) is 7.11 Å². The van der Waals surface area contributed by atoms with Crippen molar-refractivity contribution in [2.75, 3.05) is 58.6 Å². The van der Waals surface area contributed by atoms with Crippen LogP contribution in [0.1, 0.15) is 24.5 Å². The first-order valence-corrected chi connectivity index (χ1v) is 11.9. The zero-order valence-corrected chi connectivity index (χ0v) is 21.5. The molecule has 0 heterocycles. The Bertz CT molecular complexity index is 729. The fourth-order valence-corrected chi connectivity index (χ4v) is 2.79. The van der Waals surface area contributed by atoms with Gasteiger partial charge in [0.05, 0.1) is 32.1 Å². The average molecular weight is 557 g/mol. The molecule has 174 valence electrons. The molecule has 0 aliphatic rings. The smallest absolute Gasteiger partial charge is 0.191 e. The number of sulfone groups is 1. The van der Waals surface area contributed by atoms with E-state index in [2.05, 4.69) is 15.6 Å². The largest absolute Gasteiger partial charge is 0.493 e. The number of nitrogens with one attached hydrogen (secondary N) is 2. The molecule has 0 aliphatic carbocycles. The highest BCUT2D eigenvalue weighted by Gasteiger charge is 2.06. The monoisotopic (exact) mass is 557 g/mol. The van der Waals surface area contributed by atoms with Crippen LogP contribution in [0.3, 0.4) is 0 Å². The summed E-state index contributed by atoms with van der Waals surface area (Å²) in [6.45, 7) is 7.63. The Labute approximate surface area is 198 Å². The fraction of sp³-hybridized carbons (Fsp3) is 0.650. The number of hydrogen-bond donors (Lipinski definition) is 2. The van der Waals surface area contributed by atoms with Gasteiger partial charge in [0, 0.05) is 45.0 Å². The summed E-state index contributed by atoms with van der Waals surface area (Å²) in [4.78, 5) is 4.61. The lowest BCUT2D eigenvalue weighted by Crippen LogP contribution is -2.39. The Hall–Kier alpha value is -1.11. The van der Waals surface area contributed by atoms with Crippen LogP contribution in [-0.2, 0) is 25.9 Å². The molecular formula is C20H36IN3O5S. The van der Waals surface area contributed by atoms with E-state index in [1.807, 2.05) is 32.0 Å². The average Bonchev–Trinajstić information content (AvgIpc) is 2.66. The van der Waals surface area contributed by atoms with Crippen LogP contribution >= 0.6 is 24.0 Å². The molecule has 0 saturated carbocycles. The van der Waals surface area contributed by atoms with Crippen molar-refractivity contribution in [3.8, 4) is 5.75 Å². The van der Waals surface area contributed by atoms with Crippen molar-refractivity contribution in [2.45, 2.75) is 26.8 Å². The topological polar surface area (TPSA) is 98.2 Å². The van der Waals surface area contributed by atoms with Crippen LogP contribution in [0, 0.1) is 6.92 Å². The third-order valence-electron chi connectivity index (χ3n) is 3.86. The summed E-state index contributed by atoms with van der Waals surface area (Å²) in [5, 5.41) is 6.38. The van der Waals surface area contributed by atoms with Gasteiger partial charge in [-0.1, -0.05) is 12.1 Å². The first kappa shape index (κ1) is 28.9. The van der Waals surface area contributed by atoms with Crippen molar-refractivity contribution >= 4 is 39.8 Å². The SMILES string of the molecule is CCNC(=NCc1ccc(C)cc1OCCCOC)NCCOCCS(C)(=O)=O.I. The van der Waals surface area contributed by atoms with Gasteiger partial charge in [-0.3, -0.25) is 0 Å². The summed E-state index contributed by atoms with van der Waals surface area (Å²) in [5.41, 5.74) is 2.14. The van der Waals surface area contributed by atoms with Gasteiger partial charge in [0.2, 0.25) is 0 Å². The molecule has 0 aromatic heterocycles. The lowest BCUT2D eigenvalue weighted by atomic mass is 10.1. The number of hydrogen-bond acceptors (Lipinski definition) is 6. The van der Waals surface area contributed by atoms with Crippen molar-refractivity contribution in [1.82, 2.24) is 10.6 Å². The molecular weight excluding hydrogens is 521 g/mol. The molecule has 8 nitrogen and oxygen atoms in total. The minimum Gasteiger partial charge on any atom is -0.493 e. The van der Waals surface area contributed by atoms with Gasteiger partial charge in [0.25, 0.3) is 0 Å². The number of halogens is 1. The number of rotatable bonds is 14.